The van der Waals surface area contributed by atoms with Crippen molar-refractivity contribution in [3.63, 3.8) is 0 Å². The van der Waals surface area contributed by atoms with Gasteiger partial charge in [0.2, 0.25) is 30.4 Å². The number of hydrogen-bond acceptors (Lipinski definition) is 28. The fourth-order valence-corrected chi connectivity index (χ4v) is 21.5. The lowest BCUT2D eigenvalue weighted by Gasteiger charge is -2.36. The highest BCUT2D eigenvalue weighted by molar-refractivity contribution is 7.56. The number of methoxy groups -OCH3 is 3. The second kappa shape index (κ2) is 38.7. The quantitative estimate of drug-likeness (QED) is 0.00661. The zero-order chi connectivity index (χ0) is 87.8. The summed E-state index contributed by atoms with van der Waals surface area (Å²) in [6.45, 7) is 30.6. The summed E-state index contributed by atoms with van der Waals surface area (Å²) < 4.78 is 90.4. The largest absolute Gasteiger partial charge is 0.510 e. The van der Waals surface area contributed by atoms with Gasteiger partial charge in [-0.05, 0) is 148 Å². The van der Waals surface area contributed by atoms with Crippen LogP contribution in [0.5, 0.6) is 23.0 Å². The number of alkyl carbamates (subject to hydrolysis) is 2. The van der Waals surface area contributed by atoms with Gasteiger partial charge in [-0.3, -0.25) is 32.8 Å². The maximum absolute atomic E-state index is 14.9. The number of pyridine rings is 2. The highest BCUT2D eigenvalue weighted by Crippen LogP contribution is 2.73. The van der Waals surface area contributed by atoms with Crippen LogP contribution in [0.15, 0.2) is 84.6 Å². The Balaban J connectivity index is 0.000000237. The molecule has 12 atom stereocenters. The van der Waals surface area contributed by atoms with Gasteiger partial charge in [-0.25, -0.2) is 34.3 Å². The Morgan fingerprint density at radius 3 is 1.39 bits per heavy atom. The van der Waals surface area contributed by atoms with Crippen molar-refractivity contribution in [3.8, 4) is 45.8 Å². The molecule has 4 saturated carbocycles. The summed E-state index contributed by atoms with van der Waals surface area (Å²) in [5, 5.41) is 21.4. The molecule has 121 heavy (non-hydrogen) atoms. The Morgan fingerprint density at radius 2 is 1.02 bits per heavy atom. The number of nitrogens with one attached hydrogen (secondary N) is 6. The van der Waals surface area contributed by atoms with Gasteiger partial charge in [-0.15, -0.1) is 35.8 Å². The molecule has 0 spiro atoms. The minimum atomic E-state index is -4.41. The van der Waals surface area contributed by atoms with Gasteiger partial charge in [-0.1, -0.05) is 53.7 Å². The Hall–Kier alpha value is -9.21. The molecule has 2 aromatic carbocycles. The monoisotopic (exact) mass is 1750 g/mol. The van der Waals surface area contributed by atoms with Crippen LogP contribution >= 0.6 is 37.9 Å². The molecule has 37 heteroatoms. The SMILES string of the molecule is C=C[C@@H]1C[C@]1(NC(=O)[C@@H]1C[C@@H](Oc2cc(-c3csc(NC(C)C)n3)nc3cc(OC)ccc23)CN1C(=O)[C@@H](NC(=O)OC1CCCC1)C(C)(C)C)P(=O)(O)OC(C)C.C=C[C@@H]1C[C@]1(NC(=O)[C@@H]1C[C@@H](Oc2cc(-c3csc(NC(C)C)n3)nc3cc(OC)ccc23)CN1C(=O)[C@@H](NC(=O)OC1CCCC1)C(C)(C)C)P(=O)(OCC)OCOC(=O)OC. The summed E-state index contributed by atoms with van der Waals surface area (Å²) in [6, 6.07) is 10.2. The van der Waals surface area contributed by atoms with Crippen LogP contribution < -0.4 is 50.8 Å². The first-order valence-corrected chi connectivity index (χ1v) is 46.0. The van der Waals surface area contributed by atoms with Crippen molar-refractivity contribution in [1.82, 2.24) is 51.0 Å². The van der Waals surface area contributed by atoms with Crippen LogP contribution in [0, 0.1) is 22.7 Å². The number of benzene rings is 2. The van der Waals surface area contributed by atoms with Gasteiger partial charge in [-0.2, -0.15) is 0 Å². The number of carbonyl (C=O) groups is 7. The predicted molar refractivity (Wildman–Crippen MR) is 459 cm³/mol. The molecule has 7 N–H and O–H groups in total. The summed E-state index contributed by atoms with van der Waals surface area (Å²) >= 11 is 2.90. The first-order valence-electron chi connectivity index (χ1n) is 41.1. The molecule has 2 aliphatic heterocycles. The summed E-state index contributed by atoms with van der Waals surface area (Å²) in [7, 11) is -4.45. The van der Waals surface area contributed by atoms with E-state index in [1.807, 2.05) is 92.1 Å². The number of amides is 6. The smallest absolute Gasteiger partial charge is 0.497 e. The van der Waals surface area contributed by atoms with Crippen molar-refractivity contribution >= 4 is 112 Å². The molecule has 2 unspecified atom stereocenters. The first kappa shape index (κ1) is 92.5. The average Bonchev–Trinajstić information content (AvgIpc) is 1.50. The number of thiazole rings is 2. The number of anilines is 2. The van der Waals surface area contributed by atoms with Crippen LogP contribution in [0.25, 0.3) is 44.6 Å². The van der Waals surface area contributed by atoms with Crippen molar-refractivity contribution in [1.29, 1.82) is 0 Å². The summed E-state index contributed by atoms with van der Waals surface area (Å²) in [4.78, 5) is 130. The van der Waals surface area contributed by atoms with Gasteiger partial charge >= 0.3 is 33.5 Å². The van der Waals surface area contributed by atoms with E-state index in [9.17, 15) is 47.6 Å². The number of carbonyl (C=O) groups excluding carboxylic acids is 7. The number of hydrogen-bond donors (Lipinski definition) is 7. The fraction of sp³-hybridized carbons (Fsp3) is 0.583. The van der Waals surface area contributed by atoms with Gasteiger partial charge in [0, 0.05) is 82.6 Å². The molecule has 6 heterocycles. The number of rotatable bonds is 33. The molecule has 12 rings (SSSR count). The van der Waals surface area contributed by atoms with E-state index in [0.717, 1.165) is 68.7 Å². The molecule has 33 nitrogen and oxygen atoms in total. The average molecular weight is 1760 g/mol. The highest BCUT2D eigenvalue weighted by atomic mass is 32.1. The molecule has 6 aliphatic rings. The van der Waals surface area contributed by atoms with E-state index >= 15 is 0 Å². The number of aromatic nitrogens is 4. The zero-order valence-electron chi connectivity index (χ0n) is 71.7. The van der Waals surface area contributed by atoms with E-state index in [0.29, 0.717) is 67.6 Å². The van der Waals surface area contributed by atoms with Crippen LogP contribution in [-0.4, -0.2) is 202 Å². The van der Waals surface area contributed by atoms with Crippen LogP contribution in [0.3, 0.4) is 0 Å². The van der Waals surface area contributed by atoms with Crippen LogP contribution in [0.2, 0.25) is 0 Å². The van der Waals surface area contributed by atoms with E-state index in [2.05, 4.69) is 49.8 Å². The molecule has 4 aliphatic carbocycles. The summed E-state index contributed by atoms with van der Waals surface area (Å²) in [6.07, 6.45) is 5.10. The molecule has 4 aromatic heterocycles. The molecule has 660 valence electrons. The standard InChI is InChI=1S/C43H59N6O12PS.C41H57N6O9PS/c1-10-26-21-43(26,62(54,58-11-2)59-24-57-41(53)56-9)48-37(50)34-19-29(22-49(34)38(51)36(42(5,6)7)47-40(52)61-27-14-12-13-15-27)60-35-20-32(33-23-63-39(46-33)44-25(3)4)45-31-18-28(55-8)16-17-30(31)35;1-10-25-20-41(25,57(51,52)56-24(4)5)46-36(48)33-18-28(21-47(33)37(49)35(40(6,7)8)45-39(50)55-26-13-11-12-14-26)54-34-19-31(32-22-58-38(44-32)42-23(2)3)43-30-17-27(53-9)15-16-29(30)34/h10,16-18,20,23,25-27,29,34,36H,1,11-15,19,21-22,24H2,2-9H3,(H,44,46)(H,47,52)(H,48,50);10,15-17,19,22-26,28,33,35H,1,11-14,18,20-21H2,2-9H3,(H,42,44)(H,45,50)(H,46,48)(H,51,52)/t26-,29-,34+,36-,43+,62?;25-,28-,33+,35-,41+/m11/s1. The molecule has 0 radical (unpaired) electrons. The lowest BCUT2D eigenvalue weighted by Crippen LogP contribution is -2.58. The van der Waals surface area contributed by atoms with Crippen LogP contribution in [-0.2, 0) is 60.8 Å². The molecule has 6 aromatic rings. The number of fused-ring (bicyclic) bond motifs is 2. The Bertz CT molecular complexity index is 4870. The minimum Gasteiger partial charge on any atom is -0.497 e. The van der Waals surface area contributed by atoms with Crippen molar-refractivity contribution in [2.75, 3.05) is 58.5 Å². The van der Waals surface area contributed by atoms with Crippen molar-refractivity contribution in [3.05, 3.63) is 84.6 Å². The fourth-order valence-electron chi connectivity index (χ4n) is 15.6. The Morgan fingerprint density at radius 1 is 0.595 bits per heavy atom. The Kier molecular flexibility index (Phi) is 29.6. The van der Waals surface area contributed by atoms with Crippen molar-refractivity contribution in [2.24, 2.45) is 22.7 Å². The number of nitrogens with zero attached hydrogens (tertiary/aromatic N) is 6. The topological polar surface area (TPSA) is 406 Å². The second-order valence-corrected chi connectivity index (χ2v) is 40.4. The van der Waals surface area contributed by atoms with Crippen LogP contribution in [0.4, 0.5) is 24.6 Å². The van der Waals surface area contributed by atoms with Gasteiger partial charge in [0.1, 0.15) is 93.5 Å². The Labute approximate surface area is 714 Å². The predicted octanol–water partition coefficient (Wildman–Crippen LogP) is 14.9. The normalized spacial score (nSPS) is 23.1. The minimum absolute atomic E-state index is 0.00446. The van der Waals surface area contributed by atoms with E-state index in [4.69, 9.17) is 66.7 Å². The highest BCUT2D eigenvalue weighted by Gasteiger charge is 2.70. The van der Waals surface area contributed by atoms with Gasteiger partial charge < -0.3 is 93.5 Å². The maximum atomic E-state index is 14.9. The van der Waals surface area contributed by atoms with Crippen LogP contribution in [0.1, 0.15) is 167 Å². The van der Waals surface area contributed by atoms with E-state index < -0.39 is 140 Å². The van der Waals surface area contributed by atoms with Crippen molar-refractivity contribution in [2.45, 2.75) is 244 Å². The van der Waals surface area contributed by atoms with E-state index in [-0.39, 0.29) is 69.7 Å². The van der Waals surface area contributed by atoms with Crippen molar-refractivity contribution < 1.29 is 99.1 Å². The number of ether oxygens (including phenoxy) is 8. The molecule has 2 saturated heterocycles. The third kappa shape index (κ3) is 21.9. The molecular formula is C84H116N12O21P2S2. The lowest BCUT2D eigenvalue weighted by molar-refractivity contribution is -0.142. The van der Waals surface area contributed by atoms with Gasteiger partial charge in [0.15, 0.2) is 10.3 Å². The third-order valence-electron chi connectivity index (χ3n) is 21.9. The summed E-state index contributed by atoms with van der Waals surface area (Å²) in [5.41, 5.74) is 1.87. The molecule has 6 amide bonds. The van der Waals surface area contributed by atoms with E-state index in [1.165, 1.54) is 44.6 Å². The van der Waals surface area contributed by atoms with E-state index in [1.54, 1.807) is 71.4 Å². The lowest BCUT2D eigenvalue weighted by atomic mass is 9.85. The first-order chi connectivity index (χ1) is 57.3. The molecular weight excluding hydrogens is 1640 g/mol. The zero-order valence-corrected chi connectivity index (χ0v) is 75.1. The molecule has 0 bridgehead atoms. The van der Waals surface area contributed by atoms with Gasteiger partial charge in [0.05, 0.1) is 69.6 Å². The number of likely N-dealkylation sites (tertiary alicyclic amines) is 2. The second-order valence-electron chi connectivity index (χ2n) is 34.3. The van der Waals surface area contributed by atoms with Gasteiger partial charge in [0.25, 0.3) is 0 Å². The molecule has 6 fully saturated rings. The maximum Gasteiger partial charge on any atom is 0.510 e. The summed E-state index contributed by atoms with van der Waals surface area (Å²) in [5.74, 6) is -1.42. The third-order valence-corrected chi connectivity index (χ3v) is 28.5.